The quantitative estimate of drug-likeness (QED) is 0.347. The van der Waals surface area contributed by atoms with Crippen LogP contribution in [0.1, 0.15) is 46.4 Å². The highest BCUT2D eigenvalue weighted by Crippen LogP contribution is 2.27. The van der Waals surface area contributed by atoms with Gasteiger partial charge in [-0.3, -0.25) is 14.6 Å². The van der Waals surface area contributed by atoms with Crippen molar-refractivity contribution in [2.75, 3.05) is 16.0 Å². The van der Waals surface area contributed by atoms with Gasteiger partial charge in [0.25, 0.3) is 11.8 Å². The van der Waals surface area contributed by atoms with Gasteiger partial charge in [-0.2, -0.15) is 0 Å². The largest absolute Gasteiger partial charge is 0.365 e. The number of nitrogens with zero attached hydrogens (tertiary/aromatic N) is 2. The Bertz CT molecular complexity index is 1250. The van der Waals surface area contributed by atoms with Gasteiger partial charge in [-0.05, 0) is 37.1 Å². The lowest BCUT2D eigenvalue weighted by atomic mass is 9.91. The van der Waals surface area contributed by atoms with E-state index in [-0.39, 0.29) is 40.5 Å². The van der Waals surface area contributed by atoms with Crippen LogP contribution in [-0.2, 0) is 0 Å². The second-order valence-corrected chi connectivity index (χ2v) is 8.30. The summed E-state index contributed by atoms with van der Waals surface area (Å²) in [6, 6.07) is 7.78. The number of halogens is 2. The van der Waals surface area contributed by atoms with Crippen molar-refractivity contribution in [1.29, 1.82) is 0 Å². The molecule has 1 aliphatic rings. The average molecular weight is 482 g/mol. The van der Waals surface area contributed by atoms with Crippen LogP contribution in [0.25, 0.3) is 0 Å². The van der Waals surface area contributed by atoms with Gasteiger partial charge in [0, 0.05) is 12.1 Å². The first-order valence-corrected chi connectivity index (χ1v) is 11.1. The summed E-state index contributed by atoms with van der Waals surface area (Å²) in [6.45, 7) is 0. The van der Waals surface area contributed by atoms with Crippen molar-refractivity contribution >= 4 is 34.8 Å². The number of hydrogen-bond acceptors (Lipinski definition) is 7. The van der Waals surface area contributed by atoms with E-state index in [0.717, 1.165) is 31.7 Å². The van der Waals surface area contributed by atoms with Crippen molar-refractivity contribution in [2.45, 2.75) is 37.8 Å². The number of aromatic nitrogens is 2. The molecule has 1 fully saturated rings. The molecule has 1 unspecified atom stereocenters. The highest BCUT2D eigenvalue weighted by atomic mass is 19.1. The van der Waals surface area contributed by atoms with E-state index in [1.54, 1.807) is 6.07 Å². The maximum absolute atomic E-state index is 14.7. The number of nitrogens with two attached hydrogens (primary N) is 2. The number of nitrogens with one attached hydrogen (secondary N) is 3. The first kappa shape index (κ1) is 24.0. The summed E-state index contributed by atoms with van der Waals surface area (Å²) in [5.74, 6) is -2.98. The van der Waals surface area contributed by atoms with Gasteiger partial charge in [0.05, 0.1) is 34.9 Å². The molecule has 3 aromatic rings. The molecule has 182 valence electrons. The van der Waals surface area contributed by atoms with Crippen LogP contribution < -0.4 is 27.4 Å². The summed E-state index contributed by atoms with van der Waals surface area (Å²) < 4.78 is 28.6. The zero-order valence-corrected chi connectivity index (χ0v) is 18.7. The Morgan fingerprint density at radius 1 is 0.943 bits per heavy atom. The van der Waals surface area contributed by atoms with Gasteiger partial charge in [-0.25, -0.2) is 13.8 Å². The lowest BCUT2D eigenvalue weighted by molar-refractivity contribution is 0.0997. The highest BCUT2D eigenvalue weighted by Gasteiger charge is 2.24. The number of hydrogen-bond donors (Lipinski definition) is 5. The Hall–Kier alpha value is -4.12. The Morgan fingerprint density at radius 2 is 1.69 bits per heavy atom. The van der Waals surface area contributed by atoms with Crippen LogP contribution in [0.2, 0.25) is 0 Å². The number of carbonyl (C=O) groups is 2. The Balaban J connectivity index is 1.57. The second-order valence-electron chi connectivity index (χ2n) is 8.30. The number of benzene rings is 1. The third kappa shape index (κ3) is 5.69. The van der Waals surface area contributed by atoms with E-state index in [0.29, 0.717) is 5.69 Å². The van der Waals surface area contributed by atoms with Gasteiger partial charge in [-0.1, -0.05) is 25.0 Å². The Labute approximate surface area is 200 Å². The molecule has 9 nitrogen and oxygen atoms in total. The maximum atomic E-state index is 14.7. The molecule has 0 spiro atoms. The van der Waals surface area contributed by atoms with Crippen LogP contribution in [0.3, 0.4) is 0 Å². The maximum Gasteiger partial charge on any atom is 0.258 e. The standard InChI is InChI=1S/C24H25F2N7O2/c25-17-6-2-1-5-15(17)24(35)31-14-9-13(11-29-12-14)30-22-16(21(28)34)10-18(26)23(33-22)32-20-8-4-3-7-19(20)27/h1-2,5-6,9-12,19-20H,3-4,7-8,27H2,(H2,28,34)(H,31,35)(H2,30,32,33)/t19-,20?/m0/s1. The monoisotopic (exact) mass is 481 g/mol. The smallest absolute Gasteiger partial charge is 0.258 e. The molecule has 0 aliphatic heterocycles. The van der Waals surface area contributed by atoms with Gasteiger partial charge < -0.3 is 27.4 Å². The first-order chi connectivity index (χ1) is 16.8. The molecule has 7 N–H and O–H groups in total. The van der Waals surface area contributed by atoms with Crippen LogP contribution in [0.4, 0.5) is 31.8 Å². The molecule has 2 amide bonds. The van der Waals surface area contributed by atoms with Crippen molar-refractivity contribution < 1.29 is 18.4 Å². The number of anilines is 4. The van der Waals surface area contributed by atoms with Crippen molar-refractivity contribution in [1.82, 2.24) is 9.97 Å². The van der Waals surface area contributed by atoms with Gasteiger partial charge in [0.2, 0.25) is 0 Å². The van der Waals surface area contributed by atoms with Crippen molar-refractivity contribution in [2.24, 2.45) is 11.5 Å². The van der Waals surface area contributed by atoms with Crippen molar-refractivity contribution in [3.63, 3.8) is 0 Å². The third-order valence-electron chi connectivity index (χ3n) is 5.76. The van der Waals surface area contributed by atoms with Crippen LogP contribution >= 0.6 is 0 Å². The van der Waals surface area contributed by atoms with Crippen LogP contribution in [-0.4, -0.2) is 33.9 Å². The minimum atomic E-state index is -0.878. The molecular weight excluding hydrogens is 456 g/mol. The molecule has 2 heterocycles. The van der Waals surface area contributed by atoms with Gasteiger partial charge in [-0.15, -0.1) is 0 Å². The molecule has 1 aromatic carbocycles. The molecule has 4 rings (SSSR count). The normalized spacial score (nSPS) is 17.5. The second kappa shape index (κ2) is 10.4. The minimum Gasteiger partial charge on any atom is -0.365 e. The summed E-state index contributed by atoms with van der Waals surface area (Å²) in [4.78, 5) is 32.7. The molecule has 0 bridgehead atoms. The van der Waals surface area contributed by atoms with Crippen LogP contribution in [0.15, 0.2) is 48.8 Å². The molecule has 1 saturated carbocycles. The van der Waals surface area contributed by atoms with Gasteiger partial charge >= 0.3 is 0 Å². The molecule has 11 heteroatoms. The minimum absolute atomic E-state index is 0.00478. The van der Waals surface area contributed by atoms with Crippen LogP contribution in [0.5, 0.6) is 0 Å². The van der Waals surface area contributed by atoms with E-state index in [2.05, 4.69) is 25.9 Å². The zero-order chi connectivity index (χ0) is 24.9. The third-order valence-corrected chi connectivity index (χ3v) is 5.76. The van der Waals surface area contributed by atoms with E-state index >= 15 is 0 Å². The molecule has 0 saturated heterocycles. The lowest BCUT2D eigenvalue weighted by Gasteiger charge is -2.30. The predicted octanol–water partition coefficient (Wildman–Crippen LogP) is 3.53. The van der Waals surface area contributed by atoms with Gasteiger partial charge in [0.1, 0.15) is 11.6 Å². The fraction of sp³-hybridized carbons (Fsp3) is 0.250. The molecule has 1 aliphatic carbocycles. The van der Waals surface area contributed by atoms with E-state index in [9.17, 15) is 18.4 Å². The van der Waals surface area contributed by atoms with Crippen molar-refractivity contribution in [3.05, 3.63) is 71.6 Å². The SMILES string of the molecule is NC(=O)c1cc(F)c(NC2CCCC[C@@H]2N)nc1Nc1cncc(NC(=O)c2ccccc2F)c1. The fourth-order valence-electron chi connectivity index (χ4n) is 3.94. The summed E-state index contributed by atoms with van der Waals surface area (Å²) in [5, 5.41) is 8.50. The summed E-state index contributed by atoms with van der Waals surface area (Å²) in [7, 11) is 0. The van der Waals surface area contributed by atoms with E-state index < -0.39 is 23.4 Å². The average Bonchev–Trinajstić information content (AvgIpc) is 2.82. The molecular formula is C24H25F2N7O2. The number of rotatable bonds is 7. The molecule has 35 heavy (non-hydrogen) atoms. The summed E-state index contributed by atoms with van der Waals surface area (Å²) in [6.07, 6.45) is 6.36. The van der Waals surface area contributed by atoms with Crippen LogP contribution in [0, 0.1) is 11.6 Å². The van der Waals surface area contributed by atoms with E-state index in [4.69, 9.17) is 11.5 Å². The highest BCUT2D eigenvalue weighted by molar-refractivity contribution is 6.04. The lowest BCUT2D eigenvalue weighted by Crippen LogP contribution is -2.43. The topological polar surface area (TPSA) is 148 Å². The number of pyridine rings is 2. The number of carbonyl (C=O) groups excluding carboxylic acids is 2. The predicted molar refractivity (Wildman–Crippen MR) is 128 cm³/mol. The molecule has 0 radical (unpaired) electrons. The van der Waals surface area contributed by atoms with Gasteiger partial charge in [0.15, 0.2) is 11.6 Å². The van der Waals surface area contributed by atoms with E-state index in [1.165, 1.54) is 36.7 Å². The summed E-state index contributed by atoms with van der Waals surface area (Å²) in [5.41, 5.74) is 11.9. The Kier molecular flexibility index (Phi) is 7.16. The number of amides is 2. The zero-order valence-electron chi connectivity index (χ0n) is 18.7. The first-order valence-electron chi connectivity index (χ1n) is 11.1. The molecule has 2 aromatic heterocycles. The number of primary amides is 1. The van der Waals surface area contributed by atoms with E-state index in [1.807, 2.05) is 0 Å². The summed E-state index contributed by atoms with van der Waals surface area (Å²) >= 11 is 0. The Morgan fingerprint density at radius 3 is 2.43 bits per heavy atom. The fourth-order valence-corrected chi connectivity index (χ4v) is 3.94. The van der Waals surface area contributed by atoms with Crippen molar-refractivity contribution in [3.8, 4) is 0 Å². The molecule has 2 atom stereocenters.